The van der Waals surface area contributed by atoms with Crippen molar-refractivity contribution in [3.63, 3.8) is 0 Å². The molecule has 1 aliphatic heterocycles. The predicted octanol–water partition coefficient (Wildman–Crippen LogP) is 1.03. The van der Waals surface area contributed by atoms with Crippen LogP contribution < -0.4 is 5.73 Å². The molecule has 2 N–H and O–H groups in total. The van der Waals surface area contributed by atoms with E-state index in [1.54, 1.807) is 6.26 Å². The molecule has 1 unspecified atom stereocenters. The predicted molar refractivity (Wildman–Crippen MR) is 36.9 cm³/mol. The fourth-order valence-corrected chi connectivity index (χ4v) is 1.01. The van der Waals surface area contributed by atoms with Gasteiger partial charge in [0.15, 0.2) is 0 Å². The molecule has 0 saturated heterocycles. The van der Waals surface area contributed by atoms with Gasteiger partial charge in [-0.1, -0.05) is 0 Å². The van der Waals surface area contributed by atoms with Gasteiger partial charge < -0.3 is 10.5 Å². The molecule has 2 nitrogen and oxygen atoms in total. The fraction of sp³-hybridized carbons (Fsp3) is 0.714. The monoisotopic (exact) mass is 127 g/mol. The van der Waals surface area contributed by atoms with Crippen LogP contribution in [0.4, 0.5) is 0 Å². The Hall–Kier alpha value is -0.500. The van der Waals surface area contributed by atoms with Gasteiger partial charge in [0.1, 0.15) is 5.60 Å². The highest BCUT2D eigenvalue weighted by Crippen LogP contribution is 2.20. The minimum atomic E-state index is -0.0613. The van der Waals surface area contributed by atoms with Crippen molar-refractivity contribution in [1.29, 1.82) is 0 Å². The van der Waals surface area contributed by atoms with Crippen molar-refractivity contribution in [2.45, 2.75) is 31.9 Å². The van der Waals surface area contributed by atoms with E-state index >= 15 is 0 Å². The summed E-state index contributed by atoms with van der Waals surface area (Å²) in [5.41, 5.74) is 5.58. The van der Waals surface area contributed by atoms with E-state index in [9.17, 15) is 0 Å². The summed E-state index contributed by atoms with van der Waals surface area (Å²) in [5, 5.41) is 0. The minimum Gasteiger partial charge on any atom is -0.496 e. The molecule has 1 heterocycles. The first-order chi connectivity index (χ1) is 4.10. The van der Waals surface area contributed by atoms with Gasteiger partial charge in [0.2, 0.25) is 0 Å². The highest BCUT2D eigenvalue weighted by Gasteiger charge is 2.23. The molecule has 1 rings (SSSR count). The summed E-state index contributed by atoms with van der Waals surface area (Å²) in [6, 6.07) is 0.175. The van der Waals surface area contributed by atoms with Crippen LogP contribution in [0.15, 0.2) is 12.3 Å². The summed E-state index contributed by atoms with van der Waals surface area (Å²) in [7, 11) is 0. The van der Waals surface area contributed by atoms with Crippen LogP contribution in [-0.2, 0) is 4.74 Å². The molecule has 9 heavy (non-hydrogen) atoms. The van der Waals surface area contributed by atoms with Gasteiger partial charge in [-0.3, -0.25) is 0 Å². The van der Waals surface area contributed by atoms with Gasteiger partial charge >= 0.3 is 0 Å². The highest BCUT2D eigenvalue weighted by atomic mass is 16.5. The zero-order chi connectivity index (χ0) is 6.91. The van der Waals surface area contributed by atoms with E-state index in [0.29, 0.717) is 0 Å². The molecular weight excluding hydrogens is 114 g/mol. The maximum atomic E-state index is 5.64. The van der Waals surface area contributed by atoms with E-state index < -0.39 is 0 Å². The quantitative estimate of drug-likeness (QED) is 0.527. The Labute approximate surface area is 55.7 Å². The molecule has 0 radical (unpaired) electrons. The Balaban J connectivity index is 2.58. The number of rotatable bonds is 0. The molecule has 0 aromatic rings. The van der Waals surface area contributed by atoms with Crippen molar-refractivity contribution in [3.8, 4) is 0 Å². The van der Waals surface area contributed by atoms with Crippen molar-refractivity contribution >= 4 is 0 Å². The highest BCUT2D eigenvalue weighted by molar-refractivity contribution is 4.96. The number of ether oxygens (including phenoxy) is 1. The van der Waals surface area contributed by atoms with E-state index in [2.05, 4.69) is 0 Å². The van der Waals surface area contributed by atoms with E-state index in [4.69, 9.17) is 10.5 Å². The van der Waals surface area contributed by atoms with Crippen LogP contribution in [-0.4, -0.2) is 11.6 Å². The average molecular weight is 127 g/mol. The van der Waals surface area contributed by atoms with Gasteiger partial charge in [-0.15, -0.1) is 0 Å². The van der Waals surface area contributed by atoms with E-state index in [1.165, 1.54) is 0 Å². The number of hydrogen-bond acceptors (Lipinski definition) is 2. The van der Waals surface area contributed by atoms with Gasteiger partial charge in [0, 0.05) is 12.5 Å². The van der Waals surface area contributed by atoms with Gasteiger partial charge in [-0.05, 0) is 19.9 Å². The average Bonchev–Trinajstić information content (AvgIpc) is 1.60. The molecule has 0 bridgehead atoms. The molecule has 0 saturated carbocycles. The standard InChI is InChI=1S/C7H13NO/c1-7(2)5-6(8)3-4-9-7/h3-4,6H,5,8H2,1-2H3. The fourth-order valence-electron chi connectivity index (χ4n) is 1.01. The van der Waals surface area contributed by atoms with Crippen LogP contribution in [0.1, 0.15) is 20.3 Å². The molecule has 0 amide bonds. The first-order valence-corrected chi connectivity index (χ1v) is 3.20. The van der Waals surface area contributed by atoms with Gasteiger partial charge in [-0.2, -0.15) is 0 Å². The van der Waals surface area contributed by atoms with Crippen LogP contribution in [0, 0.1) is 0 Å². The van der Waals surface area contributed by atoms with E-state index in [0.717, 1.165) is 6.42 Å². The number of hydrogen-bond donors (Lipinski definition) is 1. The molecule has 0 aromatic carbocycles. The zero-order valence-electron chi connectivity index (χ0n) is 5.92. The second-order valence-electron chi connectivity index (χ2n) is 3.07. The lowest BCUT2D eigenvalue weighted by molar-refractivity contribution is 0.0346. The minimum absolute atomic E-state index is 0.0613. The molecule has 1 aliphatic rings. The van der Waals surface area contributed by atoms with E-state index in [1.807, 2.05) is 19.9 Å². The summed E-state index contributed by atoms with van der Waals surface area (Å²) in [5.74, 6) is 0. The second-order valence-corrected chi connectivity index (χ2v) is 3.07. The molecule has 0 spiro atoms. The maximum Gasteiger partial charge on any atom is 0.104 e. The summed E-state index contributed by atoms with van der Waals surface area (Å²) >= 11 is 0. The van der Waals surface area contributed by atoms with Crippen molar-refractivity contribution in [2.24, 2.45) is 5.73 Å². The third-order valence-corrected chi connectivity index (χ3v) is 1.44. The Kier molecular flexibility index (Phi) is 1.49. The van der Waals surface area contributed by atoms with Crippen molar-refractivity contribution in [3.05, 3.63) is 12.3 Å². The molecule has 2 heteroatoms. The van der Waals surface area contributed by atoms with Crippen molar-refractivity contribution < 1.29 is 4.74 Å². The van der Waals surface area contributed by atoms with Crippen LogP contribution in [0.2, 0.25) is 0 Å². The number of nitrogens with two attached hydrogens (primary N) is 1. The first kappa shape index (κ1) is 6.62. The largest absolute Gasteiger partial charge is 0.496 e. The Morgan fingerprint density at radius 3 is 2.67 bits per heavy atom. The lowest BCUT2D eigenvalue weighted by Gasteiger charge is -2.29. The van der Waals surface area contributed by atoms with E-state index in [-0.39, 0.29) is 11.6 Å². The normalized spacial score (nSPS) is 31.7. The molecule has 1 atom stereocenters. The lowest BCUT2D eigenvalue weighted by Crippen LogP contribution is -2.35. The molecular formula is C7H13NO. The molecule has 0 aliphatic carbocycles. The van der Waals surface area contributed by atoms with Gasteiger partial charge in [-0.25, -0.2) is 0 Å². The van der Waals surface area contributed by atoms with Crippen LogP contribution in [0.3, 0.4) is 0 Å². The third kappa shape index (κ3) is 1.72. The van der Waals surface area contributed by atoms with Crippen molar-refractivity contribution in [2.75, 3.05) is 0 Å². The zero-order valence-corrected chi connectivity index (χ0v) is 5.92. The Morgan fingerprint density at radius 2 is 2.33 bits per heavy atom. The second kappa shape index (κ2) is 2.03. The summed E-state index contributed by atoms with van der Waals surface area (Å²) in [4.78, 5) is 0. The Bertz CT molecular complexity index is 129. The Morgan fingerprint density at radius 1 is 1.67 bits per heavy atom. The first-order valence-electron chi connectivity index (χ1n) is 3.20. The summed E-state index contributed by atoms with van der Waals surface area (Å²) in [6.07, 6.45) is 4.48. The topological polar surface area (TPSA) is 35.2 Å². The van der Waals surface area contributed by atoms with Crippen molar-refractivity contribution in [1.82, 2.24) is 0 Å². The lowest BCUT2D eigenvalue weighted by atomic mass is 9.98. The molecule has 52 valence electrons. The summed E-state index contributed by atoms with van der Waals surface area (Å²) < 4.78 is 5.28. The van der Waals surface area contributed by atoms with Crippen LogP contribution in [0.5, 0.6) is 0 Å². The third-order valence-electron chi connectivity index (χ3n) is 1.44. The SMILES string of the molecule is CC1(C)CC(N)C=CO1. The molecule has 0 fully saturated rings. The molecule has 0 aromatic heterocycles. The summed E-state index contributed by atoms with van der Waals surface area (Å²) in [6.45, 7) is 4.08. The smallest absolute Gasteiger partial charge is 0.104 e. The van der Waals surface area contributed by atoms with Gasteiger partial charge in [0.25, 0.3) is 0 Å². The van der Waals surface area contributed by atoms with Gasteiger partial charge in [0.05, 0.1) is 6.26 Å². The van der Waals surface area contributed by atoms with Crippen LogP contribution in [0.25, 0.3) is 0 Å². The maximum absolute atomic E-state index is 5.64. The van der Waals surface area contributed by atoms with Crippen LogP contribution >= 0.6 is 0 Å².